The number of H-pyrrole nitrogens is 1. The molecule has 1 aromatic carbocycles. The van der Waals surface area contributed by atoms with Crippen molar-refractivity contribution in [1.82, 2.24) is 10.2 Å². The van der Waals surface area contributed by atoms with Crippen LogP contribution in [-0.4, -0.2) is 16.1 Å². The van der Waals surface area contributed by atoms with Crippen LogP contribution < -0.4 is 5.32 Å². The first-order valence-corrected chi connectivity index (χ1v) is 5.08. The summed E-state index contributed by atoms with van der Waals surface area (Å²) in [7, 11) is 0. The van der Waals surface area contributed by atoms with Gasteiger partial charge in [-0.1, -0.05) is 12.1 Å². The SMILES string of the molecule is O=C(Nc1n[nH]c2ccccc12)C1CC1. The smallest absolute Gasteiger partial charge is 0.228 e. The number of carbonyl (C=O) groups excluding carboxylic acids is 1. The Labute approximate surface area is 86.7 Å². The van der Waals surface area contributed by atoms with Crippen LogP contribution in [0.3, 0.4) is 0 Å². The molecule has 0 saturated heterocycles. The van der Waals surface area contributed by atoms with Crippen LogP contribution in [0, 0.1) is 5.92 Å². The second kappa shape index (κ2) is 3.08. The molecule has 76 valence electrons. The van der Waals surface area contributed by atoms with Crippen molar-refractivity contribution in [2.45, 2.75) is 12.8 Å². The van der Waals surface area contributed by atoms with Gasteiger partial charge in [0.05, 0.1) is 5.52 Å². The average Bonchev–Trinajstić information content (AvgIpc) is 3.03. The van der Waals surface area contributed by atoms with Gasteiger partial charge < -0.3 is 5.32 Å². The molecule has 0 unspecified atom stereocenters. The molecule has 1 aliphatic rings. The maximum atomic E-state index is 11.6. The summed E-state index contributed by atoms with van der Waals surface area (Å²) < 4.78 is 0. The zero-order chi connectivity index (χ0) is 10.3. The van der Waals surface area contributed by atoms with Gasteiger partial charge in [0.2, 0.25) is 5.91 Å². The Balaban J connectivity index is 1.93. The van der Waals surface area contributed by atoms with Gasteiger partial charge in [-0.05, 0) is 25.0 Å². The summed E-state index contributed by atoms with van der Waals surface area (Å²) >= 11 is 0. The van der Waals surface area contributed by atoms with Crippen LogP contribution >= 0.6 is 0 Å². The van der Waals surface area contributed by atoms with Crippen molar-refractivity contribution in [2.24, 2.45) is 5.92 Å². The molecule has 1 saturated carbocycles. The Bertz CT molecular complexity index is 513. The molecule has 1 aliphatic carbocycles. The van der Waals surface area contributed by atoms with Crippen LogP contribution in [0.2, 0.25) is 0 Å². The van der Waals surface area contributed by atoms with Crippen molar-refractivity contribution >= 4 is 22.6 Å². The highest BCUT2D eigenvalue weighted by atomic mass is 16.2. The number of nitrogens with one attached hydrogen (secondary N) is 2. The fourth-order valence-corrected chi connectivity index (χ4v) is 1.62. The maximum Gasteiger partial charge on any atom is 0.228 e. The van der Waals surface area contributed by atoms with E-state index in [-0.39, 0.29) is 11.8 Å². The van der Waals surface area contributed by atoms with Crippen LogP contribution in [-0.2, 0) is 4.79 Å². The summed E-state index contributed by atoms with van der Waals surface area (Å²) in [5.41, 5.74) is 0.948. The first kappa shape index (κ1) is 8.47. The van der Waals surface area contributed by atoms with E-state index in [2.05, 4.69) is 15.5 Å². The molecule has 4 nitrogen and oxygen atoms in total. The second-order valence-corrected chi connectivity index (χ2v) is 3.88. The van der Waals surface area contributed by atoms with E-state index in [0.29, 0.717) is 5.82 Å². The molecule has 0 atom stereocenters. The largest absolute Gasteiger partial charge is 0.308 e. The molecule has 4 heteroatoms. The molecular weight excluding hydrogens is 190 g/mol. The average molecular weight is 201 g/mol. The number of aromatic nitrogens is 2. The van der Waals surface area contributed by atoms with Gasteiger partial charge in [-0.15, -0.1) is 0 Å². The third-order valence-electron chi connectivity index (χ3n) is 2.66. The molecule has 15 heavy (non-hydrogen) atoms. The lowest BCUT2D eigenvalue weighted by molar-refractivity contribution is -0.117. The number of nitrogens with zero attached hydrogens (tertiary/aromatic N) is 1. The van der Waals surface area contributed by atoms with E-state index in [1.54, 1.807) is 0 Å². The molecule has 1 amide bonds. The van der Waals surface area contributed by atoms with Gasteiger partial charge in [-0.25, -0.2) is 0 Å². The molecule has 0 bridgehead atoms. The number of hydrogen-bond acceptors (Lipinski definition) is 2. The lowest BCUT2D eigenvalue weighted by Crippen LogP contribution is -2.13. The molecule has 1 fully saturated rings. The number of hydrogen-bond donors (Lipinski definition) is 2. The third kappa shape index (κ3) is 1.48. The fourth-order valence-electron chi connectivity index (χ4n) is 1.62. The predicted octanol–water partition coefficient (Wildman–Crippen LogP) is 1.91. The normalized spacial score (nSPS) is 15.5. The van der Waals surface area contributed by atoms with Gasteiger partial charge in [0, 0.05) is 11.3 Å². The minimum atomic E-state index is 0.0900. The Kier molecular flexibility index (Phi) is 1.74. The van der Waals surface area contributed by atoms with Gasteiger partial charge in [0.1, 0.15) is 0 Å². The Morgan fingerprint density at radius 2 is 2.20 bits per heavy atom. The van der Waals surface area contributed by atoms with Gasteiger partial charge in [0.15, 0.2) is 5.82 Å². The minimum absolute atomic E-state index is 0.0900. The molecule has 2 N–H and O–H groups in total. The fraction of sp³-hybridized carbons (Fsp3) is 0.273. The van der Waals surface area contributed by atoms with Crippen LogP contribution in [0.1, 0.15) is 12.8 Å². The number of benzene rings is 1. The van der Waals surface area contributed by atoms with E-state index >= 15 is 0 Å². The van der Waals surface area contributed by atoms with Gasteiger partial charge in [-0.2, -0.15) is 5.10 Å². The number of carbonyl (C=O) groups is 1. The molecule has 0 spiro atoms. The third-order valence-corrected chi connectivity index (χ3v) is 2.66. The molecule has 0 radical (unpaired) electrons. The molecule has 1 aromatic heterocycles. The highest BCUT2D eigenvalue weighted by molar-refractivity contribution is 6.01. The zero-order valence-electron chi connectivity index (χ0n) is 8.16. The second-order valence-electron chi connectivity index (χ2n) is 3.88. The quantitative estimate of drug-likeness (QED) is 0.779. The molecule has 2 aromatic rings. The molecular formula is C11H11N3O. The van der Waals surface area contributed by atoms with E-state index in [4.69, 9.17) is 0 Å². The first-order valence-electron chi connectivity index (χ1n) is 5.08. The van der Waals surface area contributed by atoms with Gasteiger partial charge >= 0.3 is 0 Å². The molecule has 0 aliphatic heterocycles. The van der Waals surface area contributed by atoms with Crippen molar-refractivity contribution in [3.63, 3.8) is 0 Å². The number of rotatable bonds is 2. The van der Waals surface area contributed by atoms with Crippen LogP contribution in [0.15, 0.2) is 24.3 Å². The number of fused-ring (bicyclic) bond motifs is 1. The molecule has 1 heterocycles. The van der Waals surface area contributed by atoms with E-state index in [1.807, 2.05) is 24.3 Å². The van der Waals surface area contributed by atoms with Crippen molar-refractivity contribution in [1.29, 1.82) is 0 Å². The summed E-state index contributed by atoms with van der Waals surface area (Å²) in [6.07, 6.45) is 2.02. The Morgan fingerprint density at radius 1 is 1.40 bits per heavy atom. The van der Waals surface area contributed by atoms with Crippen molar-refractivity contribution in [3.05, 3.63) is 24.3 Å². The minimum Gasteiger partial charge on any atom is -0.308 e. The number of anilines is 1. The van der Waals surface area contributed by atoms with E-state index in [9.17, 15) is 4.79 Å². The van der Waals surface area contributed by atoms with Crippen LogP contribution in [0.4, 0.5) is 5.82 Å². The number of para-hydroxylation sites is 1. The number of aromatic amines is 1. The lowest BCUT2D eigenvalue weighted by Gasteiger charge is -1.99. The first-order chi connectivity index (χ1) is 7.34. The summed E-state index contributed by atoms with van der Waals surface area (Å²) in [6.45, 7) is 0. The lowest BCUT2D eigenvalue weighted by atomic mass is 10.2. The molecule has 3 rings (SSSR count). The van der Waals surface area contributed by atoms with Crippen molar-refractivity contribution in [2.75, 3.05) is 5.32 Å². The van der Waals surface area contributed by atoms with E-state index < -0.39 is 0 Å². The van der Waals surface area contributed by atoms with Gasteiger partial charge in [-0.3, -0.25) is 9.89 Å². The van der Waals surface area contributed by atoms with Crippen LogP contribution in [0.25, 0.3) is 10.9 Å². The highest BCUT2D eigenvalue weighted by Gasteiger charge is 2.30. The standard InChI is InChI=1S/C11H11N3O/c15-11(7-5-6-7)12-10-8-3-1-2-4-9(8)13-14-10/h1-4,7H,5-6H2,(H2,12,13,14,15). The van der Waals surface area contributed by atoms with E-state index in [0.717, 1.165) is 23.7 Å². The maximum absolute atomic E-state index is 11.6. The Morgan fingerprint density at radius 3 is 3.00 bits per heavy atom. The van der Waals surface area contributed by atoms with Crippen molar-refractivity contribution in [3.8, 4) is 0 Å². The number of amides is 1. The van der Waals surface area contributed by atoms with Gasteiger partial charge in [0.25, 0.3) is 0 Å². The highest BCUT2D eigenvalue weighted by Crippen LogP contribution is 2.30. The predicted molar refractivity (Wildman–Crippen MR) is 57.4 cm³/mol. The monoisotopic (exact) mass is 201 g/mol. The topological polar surface area (TPSA) is 57.8 Å². The summed E-state index contributed by atoms with van der Waals surface area (Å²) in [6, 6.07) is 7.76. The summed E-state index contributed by atoms with van der Waals surface area (Å²) in [5, 5.41) is 10.8. The Hall–Kier alpha value is -1.84. The zero-order valence-corrected chi connectivity index (χ0v) is 8.16. The van der Waals surface area contributed by atoms with Crippen molar-refractivity contribution < 1.29 is 4.79 Å². The van der Waals surface area contributed by atoms with Crippen LogP contribution in [0.5, 0.6) is 0 Å². The summed E-state index contributed by atoms with van der Waals surface area (Å²) in [5.74, 6) is 0.940. The van der Waals surface area contributed by atoms with E-state index in [1.165, 1.54) is 0 Å². The summed E-state index contributed by atoms with van der Waals surface area (Å²) in [4.78, 5) is 11.6.